The first-order valence-electron chi connectivity index (χ1n) is 7.32. The van der Waals surface area contributed by atoms with Gasteiger partial charge in [-0.15, -0.1) is 0 Å². The molecule has 2 aromatic rings. The molecule has 2 N–H and O–H groups in total. The SMILES string of the molecule is Nc1ccc2oc(=O)n(CC(=O)N3CCCCCC3)c2c1. The van der Waals surface area contributed by atoms with Crippen LogP contribution in [0.25, 0.3) is 11.1 Å². The van der Waals surface area contributed by atoms with Gasteiger partial charge in [0.15, 0.2) is 5.58 Å². The summed E-state index contributed by atoms with van der Waals surface area (Å²) in [5, 5.41) is 0. The molecule has 0 spiro atoms. The molecule has 1 aromatic heterocycles. The normalized spacial score (nSPS) is 16.1. The average Bonchev–Trinajstić information content (AvgIpc) is 2.68. The van der Waals surface area contributed by atoms with Crippen LogP contribution in [0.3, 0.4) is 0 Å². The standard InChI is InChI=1S/C15H19N3O3/c16-11-5-6-13-12(9-11)18(15(20)21-13)10-14(19)17-7-3-1-2-4-8-17/h5-6,9H,1-4,7-8,10,16H2. The van der Waals surface area contributed by atoms with Crippen LogP contribution in [0.2, 0.25) is 0 Å². The molecule has 0 bridgehead atoms. The summed E-state index contributed by atoms with van der Waals surface area (Å²) < 4.78 is 6.51. The second-order valence-electron chi connectivity index (χ2n) is 5.48. The number of nitrogen functional groups attached to an aromatic ring is 1. The number of anilines is 1. The molecule has 1 aromatic carbocycles. The second kappa shape index (κ2) is 5.63. The van der Waals surface area contributed by atoms with Gasteiger partial charge in [0, 0.05) is 18.8 Å². The van der Waals surface area contributed by atoms with E-state index in [4.69, 9.17) is 10.2 Å². The summed E-state index contributed by atoms with van der Waals surface area (Å²) >= 11 is 0. The first-order chi connectivity index (χ1) is 10.1. The molecule has 0 radical (unpaired) electrons. The number of hydrogen-bond donors (Lipinski definition) is 1. The molecule has 1 amide bonds. The Bertz CT molecular complexity index is 709. The van der Waals surface area contributed by atoms with Crippen molar-refractivity contribution >= 4 is 22.7 Å². The minimum Gasteiger partial charge on any atom is -0.408 e. The zero-order valence-electron chi connectivity index (χ0n) is 11.9. The van der Waals surface area contributed by atoms with Crippen LogP contribution in [-0.4, -0.2) is 28.5 Å². The number of carbonyl (C=O) groups excluding carboxylic acids is 1. The molecule has 1 aliphatic heterocycles. The first kappa shape index (κ1) is 13.7. The van der Waals surface area contributed by atoms with Crippen molar-refractivity contribution < 1.29 is 9.21 Å². The number of rotatable bonds is 2. The van der Waals surface area contributed by atoms with E-state index in [1.165, 1.54) is 4.57 Å². The van der Waals surface area contributed by atoms with Gasteiger partial charge in [-0.25, -0.2) is 4.79 Å². The Morgan fingerprint density at radius 2 is 1.90 bits per heavy atom. The van der Waals surface area contributed by atoms with Gasteiger partial charge in [-0.05, 0) is 31.0 Å². The van der Waals surface area contributed by atoms with Crippen LogP contribution >= 0.6 is 0 Å². The maximum atomic E-state index is 12.4. The third-order valence-corrected chi connectivity index (χ3v) is 3.94. The summed E-state index contributed by atoms with van der Waals surface area (Å²) in [5.41, 5.74) is 7.31. The maximum absolute atomic E-state index is 12.4. The van der Waals surface area contributed by atoms with E-state index in [2.05, 4.69) is 0 Å². The zero-order valence-corrected chi connectivity index (χ0v) is 11.9. The fraction of sp³-hybridized carbons (Fsp3) is 0.467. The van der Waals surface area contributed by atoms with E-state index in [1.54, 1.807) is 18.2 Å². The summed E-state index contributed by atoms with van der Waals surface area (Å²) in [6.07, 6.45) is 4.38. The van der Waals surface area contributed by atoms with Crippen molar-refractivity contribution in [3.8, 4) is 0 Å². The van der Waals surface area contributed by atoms with Crippen LogP contribution in [0.4, 0.5) is 5.69 Å². The summed E-state index contributed by atoms with van der Waals surface area (Å²) in [4.78, 5) is 26.2. The molecule has 2 heterocycles. The summed E-state index contributed by atoms with van der Waals surface area (Å²) in [5.74, 6) is -0.553. The van der Waals surface area contributed by atoms with Crippen LogP contribution < -0.4 is 11.5 Å². The lowest BCUT2D eigenvalue weighted by atomic mass is 10.2. The average molecular weight is 289 g/mol. The number of amides is 1. The van der Waals surface area contributed by atoms with E-state index in [1.807, 2.05) is 4.90 Å². The van der Waals surface area contributed by atoms with Gasteiger partial charge >= 0.3 is 5.76 Å². The molecule has 6 nitrogen and oxygen atoms in total. The monoisotopic (exact) mass is 289 g/mol. The number of hydrogen-bond acceptors (Lipinski definition) is 4. The quantitative estimate of drug-likeness (QED) is 0.851. The highest BCUT2D eigenvalue weighted by atomic mass is 16.4. The Morgan fingerprint density at radius 1 is 1.19 bits per heavy atom. The smallest absolute Gasteiger partial charge is 0.408 e. The van der Waals surface area contributed by atoms with Crippen molar-refractivity contribution in [2.24, 2.45) is 0 Å². The Kier molecular flexibility index (Phi) is 3.68. The molecule has 1 saturated heterocycles. The third kappa shape index (κ3) is 2.79. The van der Waals surface area contributed by atoms with Crippen LogP contribution in [-0.2, 0) is 11.3 Å². The number of benzene rings is 1. The second-order valence-corrected chi connectivity index (χ2v) is 5.48. The van der Waals surface area contributed by atoms with Gasteiger partial charge < -0.3 is 15.1 Å². The molecular weight excluding hydrogens is 270 g/mol. The molecular formula is C15H19N3O3. The molecule has 1 fully saturated rings. The van der Waals surface area contributed by atoms with Gasteiger partial charge in [-0.1, -0.05) is 12.8 Å². The Balaban J connectivity index is 1.87. The zero-order chi connectivity index (χ0) is 14.8. The van der Waals surface area contributed by atoms with Crippen LogP contribution in [0, 0.1) is 0 Å². The maximum Gasteiger partial charge on any atom is 0.420 e. The topological polar surface area (TPSA) is 81.5 Å². The molecule has 112 valence electrons. The lowest BCUT2D eigenvalue weighted by molar-refractivity contribution is -0.131. The van der Waals surface area contributed by atoms with Gasteiger partial charge in [-0.3, -0.25) is 9.36 Å². The summed E-state index contributed by atoms with van der Waals surface area (Å²) in [7, 11) is 0. The Morgan fingerprint density at radius 3 is 2.62 bits per heavy atom. The van der Waals surface area contributed by atoms with Gasteiger partial charge in [0.05, 0.1) is 5.52 Å². The summed E-state index contributed by atoms with van der Waals surface area (Å²) in [6, 6.07) is 4.99. The highest BCUT2D eigenvalue weighted by Gasteiger charge is 2.19. The van der Waals surface area contributed by atoms with Crippen LogP contribution in [0.15, 0.2) is 27.4 Å². The number of carbonyl (C=O) groups is 1. The van der Waals surface area contributed by atoms with Crippen molar-refractivity contribution in [3.63, 3.8) is 0 Å². The molecule has 0 aliphatic carbocycles. The minimum absolute atomic E-state index is 0.00921. The fourth-order valence-corrected chi connectivity index (χ4v) is 2.78. The number of aromatic nitrogens is 1. The van der Waals surface area contributed by atoms with E-state index in [-0.39, 0.29) is 12.5 Å². The predicted molar refractivity (Wildman–Crippen MR) is 79.9 cm³/mol. The van der Waals surface area contributed by atoms with E-state index in [0.29, 0.717) is 16.8 Å². The number of fused-ring (bicyclic) bond motifs is 1. The van der Waals surface area contributed by atoms with Crippen molar-refractivity contribution in [2.45, 2.75) is 32.2 Å². The van der Waals surface area contributed by atoms with Crippen molar-refractivity contribution in [2.75, 3.05) is 18.8 Å². The lowest BCUT2D eigenvalue weighted by Crippen LogP contribution is -2.36. The third-order valence-electron chi connectivity index (χ3n) is 3.94. The van der Waals surface area contributed by atoms with Gasteiger partial charge in [-0.2, -0.15) is 0 Å². The molecule has 1 aliphatic rings. The Labute approximate surface area is 122 Å². The Hall–Kier alpha value is -2.24. The first-order valence-corrected chi connectivity index (χ1v) is 7.32. The number of oxazole rings is 1. The number of nitrogens with zero attached hydrogens (tertiary/aromatic N) is 2. The van der Waals surface area contributed by atoms with E-state index in [9.17, 15) is 9.59 Å². The number of likely N-dealkylation sites (tertiary alicyclic amines) is 1. The molecule has 21 heavy (non-hydrogen) atoms. The highest BCUT2D eigenvalue weighted by Crippen LogP contribution is 2.17. The molecule has 0 unspecified atom stereocenters. The summed E-state index contributed by atoms with van der Waals surface area (Å²) in [6.45, 7) is 1.55. The van der Waals surface area contributed by atoms with Crippen LogP contribution in [0.5, 0.6) is 0 Å². The minimum atomic E-state index is -0.515. The van der Waals surface area contributed by atoms with E-state index in [0.717, 1.165) is 38.8 Å². The molecule has 0 atom stereocenters. The largest absolute Gasteiger partial charge is 0.420 e. The van der Waals surface area contributed by atoms with Gasteiger partial charge in [0.2, 0.25) is 5.91 Å². The lowest BCUT2D eigenvalue weighted by Gasteiger charge is -2.20. The van der Waals surface area contributed by atoms with Gasteiger partial charge in [0.25, 0.3) is 0 Å². The molecule has 6 heteroatoms. The molecule has 3 rings (SSSR count). The van der Waals surface area contributed by atoms with Crippen molar-refractivity contribution in [1.29, 1.82) is 0 Å². The van der Waals surface area contributed by atoms with E-state index < -0.39 is 5.76 Å². The van der Waals surface area contributed by atoms with E-state index >= 15 is 0 Å². The predicted octanol–water partition coefficient (Wildman–Crippen LogP) is 1.58. The highest BCUT2D eigenvalue weighted by molar-refractivity contribution is 5.81. The fourth-order valence-electron chi connectivity index (χ4n) is 2.78. The molecule has 0 saturated carbocycles. The van der Waals surface area contributed by atoms with Crippen molar-refractivity contribution in [1.82, 2.24) is 9.47 Å². The van der Waals surface area contributed by atoms with Gasteiger partial charge in [0.1, 0.15) is 6.54 Å². The van der Waals surface area contributed by atoms with Crippen molar-refractivity contribution in [3.05, 3.63) is 28.7 Å². The number of nitrogens with two attached hydrogens (primary N) is 1. The van der Waals surface area contributed by atoms with Crippen LogP contribution in [0.1, 0.15) is 25.7 Å².